The van der Waals surface area contributed by atoms with Crippen LogP contribution in [0.25, 0.3) is 0 Å². The summed E-state index contributed by atoms with van der Waals surface area (Å²) in [5, 5.41) is 27.1. The normalized spacial score (nSPS) is 13.6. The molecule has 0 fully saturated rings. The van der Waals surface area contributed by atoms with Gasteiger partial charge in [0.1, 0.15) is 23.9 Å². The lowest BCUT2D eigenvalue weighted by molar-refractivity contribution is -0.142. The second kappa shape index (κ2) is 15.7. The van der Waals surface area contributed by atoms with Gasteiger partial charge in [0, 0.05) is 31.9 Å². The summed E-state index contributed by atoms with van der Waals surface area (Å²) in [7, 11) is 0. The van der Waals surface area contributed by atoms with Crippen molar-refractivity contribution in [1.82, 2.24) is 25.9 Å². The van der Waals surface area contributed by atoms with E-state index >= 15 is 0 Å². The Morgan fingerprint density at radius 2 is 1.35 bits per heavy atom. The molecular weight excluding hydrogens is 558 g/mol. The van der Waals surface area contributed by atoms with Crippen molar-refractivity contribution in [1.29, 1.82) is 0 Å². The van der Waals surface area contributed by atoms with E-state index in [9.17, 15) is 34.2 Å². The molecule has 3 aromatic rings. The number of H-pyrrole nitrogens is 1. The number of rotatable bonds is 16. The molecule has 4 amide bonds. The van der Waals surface area contributed by atoms with Crippen molar-refractivity contribution in [3.8, 4) is 5.75 Å². The largest absolute Gasteiger partial charge is 0.508 e. The van der Waals surface area contributed by atoms with E-state index in [4.69, 9.17) is 11.5 Å². The van der Waals surface area contributed by atoms with E-state index in [0.717, 1.165) is 0 Å². The minimum absolute atomic E-state index is 0.00138. The lowest BCUT2D eigenvalue weighted by Gasteiger charge is -2.25. The molecule has 1 aromatic heterocycles. The molecule has 14 nitrogen and oxygen atoms in total. The summed E-state index contributed by atoms with van der Waals surface area (Å²) < 4.78 is 0. The molecule has 0 spiro atoms. The Balaban J connectivity index is 1.81. The van der Waals surface area contributed by atoms with Gasteiger partial charge < -0.3 is 42.6 Å². The Morgan fingerprint density at radius 3 is 1.93 bits per heavy atom. The lowest BCUT2D eigenvalue weighted by atomic mass is 10.0. The highest BCUT2D eigenvalue weighted by Gasteiger charge is 2.31. The maximum absolute atomic E-state index is 13.6. The standard InChI is InChI=1S/C29H35N7O7/c30-21(10-11-25(31)38)26(39)34-22(12-18-6-8-20(37)9-7-18)27(40)35-23(14-19-15-32-16-33-19)28(41)36-24(29(42)43)13-17-4-2-1-3-5-17/h1-9,15-16,21-24,37H,10-14,30H2,(H2,31,38)(H,32,33)(H,34,39)(H,35,40)(H,36,41)(H,42,43)/t21-,22-,23-,24-/m0/s1. The number of carbonyl (C=O) groups is 5. The van der Waals surface area contributed by atoms with Crippen molar-refractivity contribution in [2.45, 2.75) is 56.3 Å². The average molecular weight is 594 g/mol. The Hall–Kier alpha value is -5.24. The fraction of sp³-hybridized carbons (Fsp3) is 0.310. The topological polar surface area (TPSA) is 243 Å². The second-order valence-corrected chi connectivity index (χ2v) is 9.96. The number of nitrogens with two attached hydrogens (primary N) is 2. The van der Waals surface area contributed by atoms with Crippen molar-refractivity contribution in [3.05, 3.63) is 83.9 Å². The Morgan fingerprint density at radius 1 is 0.791 bits per heavy atom. The quantitative estimate of drug-likeness (QED) is 0.104. The lowest BCUT2D eigenvalue weighted by Crippen LogP contribution is -2.58. The number of hydrogen-bond acceptors (Lipinski definition) is 8. The van der Waals surface area contributed by atoms with Gasteiger partial charge in [0.25, 0.3) is 0 Å². The first-order valence-electron chi connectivity index (χ1n) is 13.5. The van der Waals surface area contributed by atoms with Gasteiger partial charge in [-0.2, -0.15) is 0 Å². The van der Waals surface area contributed by atoms with Gasteiger partial charge in [-0.15, -0.1) is 0 Å². The molecule has 0 aliphatic rings. The number of carboxylic acid groups (broad SMARTS) is 1. The molecule has 228 valence electrons. The first-order chi connectivity index (χ1) is 20.5. The van der Waals surface area contributed by atoms with E-state index in [1.165, 1.54) is 24.7 Å². The SMILES string of the molecule is NC(=O)CC[C@H](N)C(=O)N[C@@H](Cc1ccc(O)cc1)C(=O)N[C@@H](Cc1c[nH]cn1)C(=O)N[C@@H](Cc1ccccc1)C(=O)O. The third kappa shape index (κ3) is 10.6. The van der Waals surface area contributed by atoms with Crippen LogP contribution in [-0.2, 0) is 43.2 Å². The van der Waals surface area contributed by atoms with Crippen LogP contribution >= 0.6 is 0 Å². The molecule has 1 heterocycles. The molecule has 0 saturated heterocycles. The molecule has 2 aromatic carbocycles. The van der Waals surface area contributed by atoms with E-state index in [1.807, 2.05) is 0 Å². The number of amides is 4. The van der Waals surface area contributed by atoms with Gasteiger partial charge in [-0.05, 0) is 29.7 Å². The van der Waals surface area contributed by atoms with E-state index in [0.29, 0.717) is 16.8 Å². The van der Waals surface area contributed by atoms with E-state index in [-0.39, 0.29) is 37.9 Å². The van der Waals surface area contributed by atoms with Crippen LogP contribution in [0.5, 0.6) is 5.75 Å². The molecule has 0 aliphatic carbocycles. The summed E-state index contributed by atoms with van der Waals surface area (Å²) in [6.07, 6.45) is 2.62. The smallest absolute Gasteiger partial charge is 0.326 e. The molecule has 3 rings (SSSR count). The number of aromatic nitrogens is 2. The molecular formula is C29H35N7O7. The fourth-order valence-corrected chi connectivity index (χ4v) is 4.20. The summed E-state index contributed by atoms with van der Waals surface area (Å²) in [6, 6.07) is 9.77. The maximum Gasteiger partial charge on any atom is 0.326 e. The number of carboxylic acids is 1. The van der Waals surface area contributed by atoms with Crippen LogP contribution in [0.1, 0.15) is 29.7 Å². The number of phenolic OH excluding ortho intramolecular Hbond substituents is 1. The van der Waals surface area contributed by atoms with Gasteiger partial charge in [0.2, 0.25) is 23.6 Å². The van der Waals surface area contributed by atoms with Crippen molar-refractivity contribution < 1.29 is 34.2 Å². The number of aliphatic carboxylic acids is 1. The van der Waals surface area contributed by atoms with Gasteiger partial charge in [-0.1, -0.05) is 42.5 Å². The number of nitrogens with zero attached hydrogens (tertiary/aromatic N) is 1. The molecule has 0 saturated carbocycles. The zero-order chi connectivity index (χ0) is 31.4. The Kier molecular flexibility index (Phi) is 11.8. The maximum atomic E-state index is 13.6. The van der Waals surface area contributed by atoms with Crippen LogP contribution in [0.4, 0.5) is 0 Å². The van der Waals surface area contributed by atoms with Crippen LogP contribution in [-0.4, -0.2) is 73.9 Å². The first-order valence-corrected chi connectivity index (χ1v) is 13.5. The molecule has 0 unspecified atom stereocenters. The van der Waals surface area contributed by atoms with Crippen molar-refractivity contribution >= 4 is 29.6 Å². The van der Waals surface area contributed by atoms with Crippen LogP contribution in [0.2, 0.25) is 0 Å². The van der Waals surface area contributed by atoms with Gasteiger partial charge in [-0.3, -0.25) is 19.2 Å². The molecule has 4 atom stereocenters. The first kappa shape index (κ1) is 32.3. The van der Waals surface area contributed by atoms with Crippen LogP contribution < -0.4 is 27.4 Å². The summed E-state index contributed by atoms with van der Waals surface area (Å²) >= 11 is 0. The second-order valence-electron chi connectivity index (χ2n) is 9.96. The summed E-state index contributed by atoms with van der Waals surface area (Å²) in [5.74, 6) is -4.14. The number of phenols is 1. The van der Waals surface area contributed by atoms with Crippen LogP contribution in [0, 0.1) is 0 Å². The van der Waals surface area contributed by atoms with Gasteiger partial charge in [-0.25, -0.2) is 9.78 Å². The van der Waals surface area contributed by atoms with Crippen molar-refractivity contribution in [2.75, 3.05) is 0 Å². The number of benzene rings is 2. The molecule has 0 aliphatic heterocycles. The monoisotopic (exact) mass is 593 g/mol. The molecule has 43 heavy (non-hydrogen) atoms. The third-order valence-electron chi connectivity index (χ3n) is 6.55. The highest BCUT2D eigenvalue weighted by atomic mass is 16.4. The van der Waals surface area contributed by atoms with Crippen molar-refractivity contribution in [2.24, 2.45) is 11.5 Å². The third-order valence-corrected chi connectivity index (χ3v) is 6.55. The Bertz CT molecular complexity index is 1380. The molecule has 0 radical (unpaired) electrons. The van der Waals surface area contributed by atoms with Crippen LogP contribution in [0.3, 0.4) is 0 Å². The van der Waals surface area contributed by atoms with E-state index in [1.54, 1.807) is 42.5 Å². The molecule has 0 bridgehead atoms. The zero-order valence-corrected chi connectivity index (χ0v) is 23.2. The number of imidazole rings is 1. The van der Waals surface area contributed by atoms with Crippen LogP contribution in [0.15, 0.2) is 67.1 Å². The number of primary amides is 1. The summed E-state index contributed by atoms with van der Waals surface area (Å²) in [5.41, 5.74) is 12.7. The predicted molar refractivity (Wildman–Crippen MR) is 154 cm³/mol. The van der Waals surface area contributed by atoms with E-state index < -0.39 is 53.8 Å². The number of aromatic amines is 1. The summed E-state index contributed by atoms with van der Waals surface area (Å²) in [6.45, 7) is 0. The number of aromatic hydroxyl groups is 1. The molecule has 14 heteroatoms. The predicted octanol–water partition coefficient (Wildman–Crippen LogP) is -0.725. The molecule has 10 N–H and O–H groups in total. The number of carbonyl (C=O) groups excluding carboxylic acids is 4. The van der Waals surface area contributed by atoms with E-state index in [2.05, 4.69) is 25.9 Å². The van der Waals surface area contributed by atoms with Gasteiger partial charge in [0.15, 0.2) is 0 Å². The average Bonchev–Trinajstić information content (AvgIpc) is 3.49. The highest BCUT2D eigenvalue weighted by molar-refractivity contribution is 5.94. The number of hydrogen-bond donors (Lipinski definition) is 8. The van der Waals surface area contributed by atoms with Gasteiger partial charge >= 0.3 is 5.97 Å². The minimum Gasteiger partial charge on any atom is -0.508 e. The fourth-order valence-electron chi connectivity index (χ4n) is 4.20. The number of nitrogens with one attached hydrogen (secondary N) is 4. The minimum atomic E-state index is -1.29. The van der Waals surface area contributed by atoms with Gasteiger partial charge in [0.05, 0.1) is 18.1 Å². The van der Waals surface area contributed by atoms with Crippen molar-refractivity contribution in [3.63, 3.8) is 0 Å². The summed E-state index contributed by atoms with van der Waals surface area (Å²) in [4.78, 5) is 69.8. The zero-order valence-electron chi connectivity index (χ0n) is 23.2. The highest BCUT2D eigenvalue weighted by Crippen LogP contribution is 2.13. The Labute approximate surface area is 247 Å².